The first kappa shape index (κ1) is 17.8. The van der Waals surface area contributed by atoms with Gasteiger partial charge >= 0.3 is 6.03 Å². The van der Waals surface area contributed by atoms with Crippen molar-refractivity contribution in [1.82, 2.24) is 9.21 Å². The van der Waals surface area contributed by atoms with E-state index in [-0.39, 0.29) is 17.5 Å². The number of urea groups is 1. The van der Waals surface area contributed by atoms with Gasteiger partial charge in [0.1, 0.15) is 0 Å². The first-order valence-corrected chi connectivity index (χ1v) is 9.91. The smallest absolute Gasteiger partial charge is 0.315 e. The fourth-order valence-corrected chi connectivity index (χ4v) is 4.51. The largest absolute Gasteiger partial charge is 0.334 e. The van der Waals surface area contributed by atoms with E-state index in [9.17, 15) is 13.2 Å². The molecule has 2 aromatic carbocycles. The van der Waals surface area contributed by atoms with Crippen LogP contribution in [0, 0.1) is 0 Å². The molecule has 132 valence electrons. The molecule has 0 bridgehead atoms. The van der Waals surface area contributed by atoms with Crippen molar-refractivity contribution in [2.24, 2.45) is 0 Å². The normalized spacial score (nSPS) is 18.0. The molecule has 0 radical (unpaired) electrons. The first-order chi connectivity index (χ1) is 11.9. The summed E-state index contributed by atoms with van der Waals surface area (Å²) in [5, 5.41) is 0.446. The maximum Gasteiger partial charge on any atom is 0.334 e. The number of hydrogen-bond donors (Lipinski definition) is 0. The van der Waals surface area contributed by atoms with Crippen molar-refractivity contribution in [2.75, 3.05) is 13.1 Å². The quantitative estimate of drug-likeness (QED) is 0.792. The number of carbonyl (C=O) groups is 1. The van der Waals surface area contributed by atoms with Crippen LogP contribution in [-0.2, 0) is 10.0 Å². The maximum absolute atomic E-state index is 12.9. The third-order valence-corrected chi connectivity index (χ3v) is 6.23. The van der Waals surface area contributed by atoms with Crippen LogP contribution in [0.1, 0.15) is 24.9 Å². The van der Waals surface area contributed by atoms with E-state index in [1.807, 2.05) is 37.3 Å². The third-order valence-electron chi connectivity index (χ3n) is 4.22. The Morgan fingerprint density at radius 3 is 2.32 bits per heavy atom. The monoisotopic (exact) mass is 378 g/mol. The van der Waals surface area contributed by atoms with E-state index in [1.54, 1.807) is 4.90 Å². The lowest BCUT2D eigenvalue weighted by atomic mass is 10.1. The molecule has 0 aliphatic carbocycles. The highest BCUT2D eigenvalue weighted by atomic mass is 35.5. The predicted molar refractivity (Wildman–Crippen MR) is 96.9 cm³/mol. The van der Waals surface area contributed by atoms with Crippen LogP contribution in [0.15, 0.2) is 59.5 Å². The van der Waals surface area contributed by atoms with E-state index < -0.39 is 16.1 Å². The number of nitrogens with zero attached hydrogens (tertiary/aromatic N) is 2. The second-order valence-corrected chi connectivity index (χ2v) is 8.19. The minimum Gasteiger partial charge on any atom is -0.315 e. The van der Waals surface area contributed by atoms with Gasteiger partial charge in [0.05, 0.1) is 17.5 Å². The summed E-state index contributed by atoms with van der Waals surface area (Å²) in [5.41, 5.74) is 0.929. The first-order valence-electron chi connectivity index (χ1n) is 8.09. The van der Waals surface area contributed by atoms with Gasteiger partial charge in [0.15, 0.2) is 0 Å². The van der Waals surface area contributed by atoms with Gasteiger partial charge in [-0.2, -0.15) is 0 Å². The number of sulfonamides is 1. The van der Waals surface area contributed by atoms with E-state index in [0.29, 0.717) is 11.6 Å². The second-order valence-electron chi connectivity index (χ2n) is 5.89. The van der Waals surface area contributed by atoms with Gasteiger partial charge in [-0.05, 0) is 36.2 Å². The van der Waals surface area contributed by atoms with Gasteiger partial charge in [0.25, 0.3) is 10.0 Å². The molecule has 0 saturated carbocycles. The molecule has 1 fully saturated rings. The summed E-state index contributed by atoms with van der Waals surface area (Å²) in [6.45, 7) is 2.57. The molecule has 1 aliphatic heterocycles. The molecule has 1 unspecified atom stereocenters. The Kier molecular flexibility index (Phi) is 5.01. The van der Waals surface area contributed by atoms with E-state index in [2.05, 4.69) is 0 Å². The zero-order chi connectivity index (χ0) is 18.0. The average Bonchev–Trinajstić information content (AvgIpc) is 2.94. The van der Waals surface area contributed by atoms with Gasteiger partial charge in [0, 0.05) is 11.6 Å². The molecule has 2 aromatic rings. The summed E-state index contributed by atoms with van der Waals surface area (Å²) in [7, 11) is -3.91. The molecule has 0 aromatic heterocycles. The summed E-state index contributed by atoms with van der Waals surface area (Å²) >= 11 is 5.83. The van der Waals surface area contributed by atoms with Crippen LogP contribution in [0.4, 0.5) is 4.79 Å². The standard InChI is InChI=1S/C18H19ClN2O3S/c1-2-12-20-17(14-6-4-3-5-7-14)13-21(18(20)22)25(23,24)16-10-8-15(19)9-11-16/h3-11,17H,2,12-13H2,1H3. The molecule has 0 N–H and O–H groups in total. The number of halogens is 1. The summed E-state index contributed by atoms with van der Waals surface area (Å²) < 4.78 is 26.8. The summed E-state index contributed by atoms with van der Waals surface area (Å²) in [5.74, 6) is 0. The van der Waals surface area contributed by atoms with Crippen molar-refractivity contribution < 1.29 is 13.2 Å². The van der Waals surface area contributed by atoms with Crippen molar-refractivity contribution in [3.05, 3.63) is 65.2 Å². The topological polar surface area (TPSA) is 57.7 Å². The molecule has 1 saturated heterocycles. The molecule has 5 nitrogen and oxygen atoms in total. The highest BCUT2D eigenvalue weighted by Crippen LogP contribution is 2.33. The summed E-state index contributed by atoms with van der Waals surface area (Å²) in [4.78, 5) is 14.5. The molecule has 0 spiro atoms. The number of rotatable bonds is 5. The molecule has 7 heteroatoms. The number of amides is 2. The van der Waals surface area contributed by atoms with Gasteiger partial charge in [-0.3, -0.25) is 0 Å². The fourth-order valence-electron chi connectivity index (χ4n) is 3.00. The molecule has 1 aliphatic rings. The molecule has 1 heterocycles. The predicted octanol–water partition coefficient (Wildman–Crippen LogP) is 3.92. The van der Waals surface area contributed by atoms with Crippen LogP contribution in [0.2, 0.25) is 5.02 Å². The lowest BCUT2D eigenvalue weighted by molar-refractivity contribution is 0.197. The lowest BCUT2D eigenvalue weighted by Crippen LogP contribution is -2.36. The molecular weight excluding hydrogens is 360 g/mol. The fraction of sp³-hybridized carbons (Fsp3) is 0.278. The van der Waals surface area contributed by atoms with Crippen LogP contribution in [0.25, 0.3) is 0 Å². The lowest BCUT2D eigenvalue weighted by Gasteiger charge is -2.22. The minimum atomic E-state index is -3.91. The number of carbonyl (C=O) groups excluding carboxylic acids is 1. The Morgan fingerprint density at radius 1 is 1.08 bits per heavy atom. The van der Waals surface area contributed by atoms with Crippen LogP contribution in [-0.4, -0.2) is 36.7 Å². The van der Waals surface area contributed by atoms with E-state index in [4.69, 9.17) is 11.6 Å². The molecule has 3 rings (SSSR count). The molecule has 1 atom stereocenters. The van der Waals surface area contributed by atoms with Crippen LogP contribution < -0.4 is 0 Å². The maximum atomic E-state index is 12.9. The summed E-state index contributed by atoms with van der Waals surface area (Å²) in [6, 6.07) is 14.6. The zero-order valence-corrected chi connectivity index (χ0v) is 15.4. The van der Waals surface area contributed by atoms with Crippen molar-refractivity contribution in [3.8, 4) is 0 Å². The highest BCUT2D eigenvalue weighted by Gasteiger charge is 2.44. The Balaban J connectivity index is 1.97. The number of hydrogen-bond acceptors (Lipinski definition) is 3. The second kappa shape index (κ2) is 7.06. The van der Waals surface area contributed by atoms with Crippen molar-refractivity contribution in [2.45, 2.75) is 24.3 Å². The average molecular weight is 379 g/mol. The van der Waals surface area contributed by atoms with Gasteiger partial charge in [0.2, 0.25) is 0 Å². The highest BCUT2D eigenvalue weighted by molar-refractivity contribution is 7.89. The van der Waals surface area contributed by atoms with Crippen LogP contribution >= 0.6 is 11.6 Å². The molecule has 2 amide bonds. The van der Waals surface area contributed by atoms with Crippen molar-refractivity contribution in [1.29, 1.82) is 0 Å². The van der Waals surface area contributed by atoms with Crippen LogP contribution in [0.5, 0.6) is 0 Å². The van der Waals surface area contributed by atoms with E-state index in [1.165, 1.54) is 24.3 Å². The third kappa shape index (κ3) is 3.37. The van der Waals surface area contributed by atoms with Gasteiger partial charge in [-0.15, -0.1) is 0 Å². The SMILES string of the molecule is CCCN1C(=O)N(S(=O)(=O)c2ccc(Cl)cc2)CC1c1ccccc1. The Bertz CT molecular complexity index is 854. The molecule has 25 heavy (non-hydrogen) atoms. The zero-order valence-electron chi connectivity index (χ0n) is 13.8. The van der Waals surface area contributed by atoms with E-state index in [0.717, 1.165) is 16.3 Å². The Hall–Kier alpha value is -2.05. The number of benzene rings is 2. The molecular formula is C18H19ClN2O3S. The summed E-state index contributed by atoms with van der Waals surface area (Å²) in [6.07, 6.45) is 0.754. The van der Waals surface area contributed by atoms with E-state index >= 15 is 0 Å². The van der Waals surface area contributed by atoms with Gasteiger partial charge in [-0.1, -0.05) is 48.9 Å². The van der Waals surface area contributed by atoms with Crippen molar-refractivity contribution >= 4 is 27.7 Å². The van der Waals surface area contributed by atoms with Gasteiger partial charge < -0.3 is 4.90 Å². The van der Waals surface area contributed by atoms with Crippen molar-refractivity contribution in [3.63, 3.8) is 0 Å². The van der Waals surface area contributed by atoms with Crippen LogP contribution in [0.3, 0.4) is 0 Å². The Labute approximate surface area is 152 Å². The van der Waals surface area contributed by atoms with Gasteiger partial charge in [-0.25, -0.2) is 17.5 Å². The Morgan fingerprint density at radius 2 is 1.72 bits per heavy atom. The minimum absolute atomic E-state index is 0.0652.